The van der Waals surface area contributed by atoms with Crippen molar-refractivity contribution >= 4 is 0 Å². The second kappa shape index (κ2) is 27.4. The molecule has 1 heterocycles. The maximum Gasteiger partial charge on any atom is 0.257 e. The minimum absolute atomic E-state index is 0.621. The number of unbranched alkanes of at least 4 members (excludes halogenated alkanes) is 22. The zero-order valence-electron chi connectivity index (χ0n) is 27.6. The third-order valence-corrected chi connectivity index (χ3v) is 9.14. The highest BCUT2D eigenvalue weighted by Gasteiger charge is 2.25. The van der Waals surface area contributed by atoms with Gasteiger partial charge in [-0.05, 0) is 32.6 Å². The summed E-state index contributed by atoms with van der Waals surface area (Å²) in [5.41, 5.74) is 0. The summed E-state index contributed by atoms with van der Waals surface area (Å²) in [6, 6.07) is 0.621. The van der Waals surface area contributed by atoms with Gasteiger partial charge in [0.15, 0.2) is 0 Å². The van der Waals surface area contributed by atoms with Crippen LogP contribution in [0.5, 0.6) is 0 Å². The van der Waals surface area contributed by atoms with Crippen LogP contribution in [-0.4, -0.2) is 4.98 Å². The van der Waals surface area contributed by atoms with Gasteiger partial charge in [0.05, 0.1) is 12.0 Å². The molecule has 0 aliphatic heterocycles. The van der Waals surface area contributed by atoms with Crippen molar-refractivity contribution in [1.82, 2.24) is 4.98 Å². The Morgan fingerprint density at radius 3 is 1.21 bits per heavy atom. The molecule has 0 saturated heterocycles. The van der Waals surface area contributed by atoms with Gasteiger partial charge >= 0.3 is 0 Å². The zero-order valence-corrected chi connectivity index (χ0v) is 27.6. The van der Waals surface area contributed by atoms with Crippen molar-refractivity contribution in [3.05, 3.63) is 18.2 Å². The Kier molecular flexibility index (Phi) is 25.4. The van der Waals surface area contributed by atoms with Crippen LogP contribution in [0.15, 0.2) is 12.4 Å². The Bertz CT molecular complexity index is 606. The van der Waals surface area contributed by atoms with Gasteiger partial charge in [-0.15, -0.1) is 0 Å². The minimum atomic E-state index is 0.621. The smallest absolute Gasteiger partial charge is 0.247 e. The monoisotopic (exact) mass is 546 g/mol. The predicted octanol–water partition coefficient (Wildman–Crippen LogP) is 12.9. The molecule has 0 fully saturated rings. The number of hydrogen-bond donors (Lipinski definition) is 1. The van der Waals surface area contributed by atoms with Crippen LogP contribution in [-0.2, 0) is 0 Å². The van der Waals surface area contributed by atoms with Crippen molar-refractivity contribution in [3.8, 4) is 0 Å². The molecule has 1 aromatic rings. The molecule has 2 nitrogen and oxygen atoms in total. The maximum absolute atomic E-state index is 3.72. The molecule has 2 atom stereocenters. The van der Waals surface area contributed by atoms with Gasteiger partial charge in [0.1, 0.15) is 12.4 Å². The average Bonchev–Trinajstić information content (AvgIpc) is 3.44. The topological polar surface area (TPSA) is 19.7 Å². The fourth-order valence-corrected chi connectivity index (χ4v) is 6.43. The Balaban J connectivity index is 2.37. The number of nitrogens with one attached hydrogen (secondary N) is 1. The molecule has 1 rings (SSSR count). The second-order valence-corrected chi connectivity index (χ2v) is 12.9. The van der Waals surface area contributed by atoms with Crippen LogP contribution in [0, 0.1) is 0 Å². The third kappa shape index (κ3) is 19.8. The van der Waals surface area contributed by atoms with Gasteiger partial charge in [-0.1, -0.05) is 175 Å². The molecule has 0 bridgehead atoms. The Morgan fingerprint density at radius 1 is 0.487 bits per heavy atom. The number of hydrogen-bond acceptors (Lipinski definition) is 0. The molecule has 0 saturated carbocycles. The lowest BCUT2D eigenvalue weighted by Gasteiger charge is -2.17. The number of aromatic amines is 1. The van der Waals surface area contributed by atoms with E-state index in [9.17, 15) is 0 Å². The molecule has 1 aromatic heterocycles. The second-order valence-electron chi connectivity index (χ2n) is 12.9. The first kappa shape index (κ1) is 36.2. The number of rotatable bonds is 30. The van der Waals surface area contributed by atoms with Crippen molar-refractivity contribution in [3.63, 3.8) is 0 Å². The quantitative estimate of drug-likeness (QED) is 0.0732. The molecular formula is C37H73N2+. The summed E-state index contributed by atoms with van der Waals surface area (Å²) >= 11 is 0. The van der Waals surface area contributed by atoms with Crippen molar-refractivity contribution in [2.24, 2.45) is 0 Å². The summed E-state index contributed by atoms with van der Waals surface area (Å²) in [6.07, 6.45) is 44.2. The first-order valence-corrected chi connectivity index (χ1v) is 18.3. The first-order chi connectivity index (χ1) is 19.2. The van der Waals surface area contributed by atoms with Gasteiger partial charge < -0.3 is 0 Å². The molecule has 230 valence electrons. The van der Waals surface area contributed by atoms with Crippen LogP contribution in [0.4, 0.5) is 0 Å². The molecule has 0 radical (unpaired) electrons. The Morgan fingerprint density at radius 2 is 0.821 bits per heavy atom. The maximum atomic E-state index is 3.72. The van der Waals surface area contributed by atoms with Crippen molar-refractivity contribution in [2.75, 3.05) is 0 Å². The molecule has 1 N–H and O–H groups in total. The van der Waals surface area contributed by atoms with E-state index in [2.05, 4.69) is 49.6 Å². The third-order valence-electron chi connectivity index (χ3n) is 9.14. The van der Waals surface area contributed by atoms with Crippen LogP contribution in [0.3, 0.4) is 0 Å². The van der Waals surface area contributed by atoms with Gasteiger partial charge in [-0.25, -0.2) is 9.55 Å². The van der Waals surface area contributed by atoms with Crippen molar-refractivity contribution < 1.29 is 4.57 Å². The number of imidazole rings is 1. The van der Waals surface area contributed by atoms with E-state index in [1.54, 1.807) is 0 Å². The fraction of sp³-hybridized carbons (Fsp3) is 0.919. The molecular weight excluding hydrogens is 472 g/mol. The van der Waals surface area contributed by atoms with E-state index in [1.165, 1.54) is 186 Å². The lowest BCUT2D eigenvalue weighted by molar-refractivity contribution is -0.727. The molecule has 0 amide bonds. The molecule has 2 heteroatoms. The van der Waals surface area contributed by atoms with Gasteiger partial charge in [-0.2, -0.15) is 0 Å². The largest absolute Gasteiger partial charge is 0.257 e. The van der Waals surface area contributed by atoms with Crippen molar-refractivity contribution in [2.45, 2.75) is 219 Å². The average molecular weight is 546 g/mol. The van der Waals surface area contributed by atoms with E-state index >= 15 is 0 Å². The normalized spacial score (nSPS) is 13.2. The molecule has 39 heavy (non-hydrogen) atoms. The first-order valence-electron chi connectivity index (χ1n) is 18.3. The molecule has 0 aliphatic carbocycles. The summed E-state index contributed by atoms with van der Waals surface area (Å²) in [4.78, 5) is 3.72. The highest BCUT2D eigenvalue weighted by Crippen LogP contribution is 2.27. The van der Waals surface area contributed by atoms with Gasteiger partial charge in [0, 0.05) is 0 Å². The van der Waals surface area contributed by atoms with E-state index in [1.807, 2.05) is 0 Å². The predicted molar refractivity (Wildman–Crippen MR) is 175 cm³/mol. The van der Waals surface area contributed by atoms with Crippen LogP contribution < -0.4 is 4.57 Å². The van der Waals surface area contributed by atoms with Gasteiger partial charge in [0.2, 0.25) is 0 Å². The summed E-state index contributed by atoms with van der Waals surface area (Å²) in [7, 11) is 0. The molecule has 2 unspecified atom stereocenters. The minimum Gasteiger partial charge on any atom is -0.247 e. The van der Waals surface area contributed by atoms with Gasteiger partial charge in [-0.3, -0.25) is 0 Å². The zero-order chi connectivity index (χ0) is 28.2. The summed E-state index contributed by atoms with van der Waals surface area (Å²) in [6.45, 7) is 9.40. The summed E-state index contributed by atoms with van der Waals surface area (Å²) in [5, 5.41) is 0. The van der Waals surface area contributed by atoms with Crippen molar-refractivity contribution in [1.29, 1.82) is 0 Å². The molecule has 0 spiro atoms. The van der Waals surface area contributed by atoms with E-state index in [-0.39, 0.29) is 0 Å². The highest BCUT2D eigenvalue weighted by atomic mass is 15.1. The van der Waals surface area contributed by atoms with Crippen LogP contribution in [0.25, 0.3) is 0 Å². The van der Waals surface area contributed by atoms with E-state index < -0.39 is 0 Å². The number of nitrogens with zero attached hydrogens (tertiary/aromatic N) is 1. The van der Waals surface area contributed by atoms with Crippen LogP contribution in [0.1, 0.15) is 225 Å². The SMILES string of the molecule is CCCCCCCCCCCCCCCC(CCCCCCC)c1[nH]cc[n+]1C(C)CCCCCCCCC. The van der Waals surface area contributed by atoms with E-state index in [0.29, 0.717) is 12.0 Å². The number of aromatic nitrogens is 2. The molecule has 0 aromatic carbocycles. The van der Waals surface area contributed by atoms with Crippen LogP contribution in [0.2, 0.25) is 0 Å². The lowest BCUT2D eigenvalue weighted by atomic mass is 9.93. The summed E-state index contributed by atoms with van der Waals surface area (Å²) in [5.74, 6) is 2.24. The number of H-pyrrole nitrogens is 1. The highest BCUT2D eigenvalue weighted by molar-refractivity contribution is 4.90. The fourth-order valence-electron chi connectivity index (χ4n) is 6.43. The van der Waals surface area contributed by atoms with E-state index in [4.69, 9.17) is 0 Å². The summed E-state index contributed by atoms with van der Waals surface area (Å²) < 4.78 is 2.62. The van der Waals surface area contributed by atoms with Crippen LogP contribution >= 0.6 is 0 Å². The molecule has 0 aliphatic rings. The lowest BCUT2D eigenvalue weighted by Crippen LogP contribution is -2.41. The van der Waals surface area contributed by atoms with E-state index in [0.717, 1.165) is 0 Å². The van der Waals surface area contributed by atoms with Gasteiger partial charge in [0.25, 0.3) is 5.82 Å². The Labute approximate surface area is 246 Å². The standard InChI is InChI=1S/C37H72N2/c1-5-8-11-14-16-17-18-19-20-21-23-26-29-32-36(31-28-24-13-10-7-3)37-38-33-34-39(37)35(4)30-27-25-22-15-12-9-6-2/h33-36H,5-32H2,1-4H3/p+1. The Hall–Kier alpha value is -0.790.